The molecule has 2 aromatic rings. The number of fused-ring (bicyclic) bond motifs is 1. The van der Waals surface area contributed by atoms with E-state index in [1.165, 1.54) is 6.21 Å². The molecule has 3 heterocycles. The number of rotatable bonds is 5. The van der Waals surface area contributed by atoms with Crippen LogP contribution in [-0.4, -0.2) is 60.5 Å². The van der Waals surface area contributed by atoms with Gasteiger partial charge in [-0.05, 0) is 25.2 Å². The maximum Gasteiger partial charge on any atom is 0.129 e. The third-order valence-corrected chi connectivity index (χ3v) is 4.15. The van der Waals surface area contributed by atoms with Crippen molar-refractivity contribution < 1.29 is 4.74 Å². The highest BCUT2D eigenvalue weighted by atomic mass is 35.5. The first kappa shape index (κ1) is 16.8. The lowest BCUT2D eigenvalue weighted by Gasteiger charge is -2.30. The van der Waals surface area contributed by atoms with E-state index in [2.05, 4.69) is 27.2 Å². The van der Waals surface area contributed by atoms with Crippen molar-refractivity contribution in [3.05, 3.63) is 41.3 Å². The number of ether oxygens (including phenoxy) is 1. The van der Waals surface area contributed by atoms with Gasteiger partial charge in [-0.15, -0.1) is 0 Å². The predicted octanol–water partition coefficient (Wildman–Crippen LogP) is 2.19. The maximum atomic E-state index is 7.66. The molecule has 1 atom stereocenters. The summed E-state index contributed by atoms with van der Waals surface area (Å²) >= 11 is 5.94. The molecular formula is C17H20ClN5O. The van der Waals surface area contributed by atoms with E-state index in [-0.39, 0.29) is 6.10 Å². The zero-order valence-electron chi connectivity index (χ0n) is 13.5. The fourth-order valence-electron chi connectivity index (χ4n) is 2.64. The average Bonchev–Trinajstić information content (AvgIpc) is 2.58. The predicted molar refractivity (Wildman–Crippen MR) is 96.5 cm³/mol. The quantitative estimate of drug-likeness (QED) is 0.642. The lowest BCUT2D eigenvalue weighted by Crippen LogP contribution is -2.44. The minimum absolute atomic E-state index is 0.155. The first-order valence-electron chi connectivity index (χ1n) is 7.82. The van der Waals surface area contributed by atoms with Crippen LogP contribution in [0.25, 0.3) is 16.6 Å². The molecule has 2 aromatic heterocycles. The summed E-state index contributed by atoms with van der Waals surface area (Å²) in [5, 5.41) is 11.3. The Labute approximate surface area is 146 Å². The smallest absolute Gasteiger partial charge is 0.129 e. The van der Waals surface area contributed by atoms with Gasteiger partial charge >= 0.3 is 0 Å². The van der Waals surface area contributed by atoms with Crippen molar-refractivity contribution in [2.75, 3.05) is 33.3 Å². The van der Waals surface area contributed by atoms with Crippen molar-refractivity contribution >= 4 is 34.4 Å². The van der Waals surface area contributed by atoms with Crippen LogP contribution in [-0.2, 0) is 4.74 Å². The van der Waals surface area contributed by atoms with Gasteiger partial charge < -0.3 is 20.4 Å². The molecule has 1 aliphatic heterocycles. The highest BCUT2D eigenvalue weighted by molar-refractivity contribution is 6.29. The molecule has 0 radical (unpaired) electrons. The topological polar surface area (TPSA) is 74.1 Å². The van der Waals surface area contributed by atoms with E-state index >= 15 is 0 Å². The van der Waals surface area contributed by atoms with Crippen molar-refractivity contribution in [1.82, 2.24) is 20.2 Å². The third-order valence-electron chi connectivity index (χ3n) is 3.94. The lowest BCUT2D eigenvalue weighted by molar-refractivity contribution is -0.0165. The molecule has 126 valence electrons. The number of allylic oxidation sites excluding steroid dienone is 1. The second-order valence-electron chi connectivity index (χ2n) is 5.80. The van der Waals surface area contributed by atoms with Gasteiger partial charge in [0.05, 0.1) is 23.7 Å². The summed E-state index contributed by atoms with van der Waals surface area (Å²) in [4.78, 5) is 10.9. The molecule has 0 amide bonds. The van der Waals surface area contributed by atoms with Gasteiger partial charge in [0.1, 0.15) is 5.15 Å². The average molecular weight is 346 g/mol. The van der Waals surface area contributed by atoms with E-state index in [0.717, 1.165) is 36.3 Å². The van der Waals surface area contributed by atoms with E-state index in [1.54, 1.807) is 12.3 Å². The lowest BCUT2D eigenvalue weighted by atomic mass is 10.1. The van der Waals surface area contributed by atoms with Gasteiger partial charge in [-0.3, -0.25) is 4.98 Å². The highest BCUT2D eigenvalue weighted by Crippen LogP contribution is 2.18. The van der Waals surface area contributed by atoms with Crippen LogP contribution >= 0.6 is 11.6 Å². The first-order chi connectivity index (χ1) is 11.7. The zero-order valence-corrected chi connectivity index (χ0v) is 14.3. The molecule has 1 saturated heterocycles. The Morgan fingerprint density at radius 2 is 2.38 bits per heavy atom. The molecule has 1 fully saturated rings. The summed E-state index contributed by atoms with van der Waals surface area (Å²) in [6.07, 6.45) is 5.01. The van der Waals surface area contributed by atoms with Crippen LogP contribution in [0.2, 0.25) is 5.15 Å². The highest BCUT2D eigenvalue weighted by Gasteiger charge is 2.16. The van der Waals surface area contributed by atoms with Crippen LogP contribution in [0.3, 0.4) is 0 Å². The number of hydrogen-bond acceptors (Lipinski definition) is 6. The summed E-state index contributed by atoms with van der Waals surface area (Å²) < 4.78 is 5.71. The van der Waals surface area contributed by atoms with Crippen molar-refractivity contribution in [2.24, 2.45) is 0 Å². The first-order valence-corrected chi connectivity index (χ1v) is 8.20. The number of nitrogens with one attached hydrogen (secondary N) is 2. The number of aromatic nitrogens is 2. The number of likely N-dealkylation sites (N-methyl/N-ethyl adjacent to an activating group) is 1. The summed E-state index contributed by atoms with van der Waals surface area (Å²) in [6, 6.07) is 5.43. The molecule has 0 saturated carbocycles. The summed E-state index contributed by atoms with van der Waals surface area (Å²) in [7, 11) is 2.09. The number of morpholine rings is 1. The van der Waals surface area contributed by atoms with E-state index in [4.69, 9.17) is 21.7 Å². The third kappa shape index (κ3) is 4.08. The molecule has 7 heteroatoms. The number of halogens is 1. The van der Waals surface area contributed by atoms with Gasteiger partial charge in [0, 0.05) is 49.4 Å². The number of pyridine rings is 2. The van der Waals surface area contributed by atoms with Gasteiger partial charge in [-0.25, -0.2) is 4.98 Å². The van der Waals surface area contributed by atoms with Gasteiger partial charge in [-0.2, -0.15) is 0 Å². The second-order valence-corrected chi connectivity index (χ2v) is 6.19. The van der Waals surface area contributed by atoms with Crippen molar-refractivity contribution in [3.63, 3.8) is 0 Å². The van der Waals surface area contributed by atoms with Crippen molar-refractivity contribution in [1.29, 1.82) is 5.41 Å². The Bertz CT molecular complexity index is 764. The summed E-state index contributed by atoms with van der Waals surface area (Å²) in [6.45, 7) is 3.33. The molecule has 1 aliphatic rings. The second kappa shape index (κ2) is 7.70. The molecule has 0 aliphatic carbocycles. The molecule has 0 aromatic carbocycles. The van der Waals surface area contributed by atoms with E-state index in [0.29, 0.717) is 17.2 Å². The molecule has 24 heavy (non-hydrogen) atoms. The zero-order chi connectivity index (χ0) is 16.9. The number of nitrogens with zero attached hydrogens (tertiary/aromatic N) is 3. The van der Waals surface area contributed by atoms with Crippen molar-refractivity contribution in [2.45, 2.75) is 6.10 Å². The van der Waals surface area contributed by atoms with Crippen LogP contribution in [0.15, 0.2) is 30.6 Å². The Hall–Kier alpha value is -2.02. The molecule has 0 bridgehead atoms. The normalized spacial score (nSPS) is 19.4. The molecule has 3 rings (SSSR count). The van der Waals surface area contributed by atoms with Gasteiger partial charge in [0.25, 0.3) is 0 Å². The van der Waals surface area contributed by atoms with E-state index < -0.39 is 0 Å². The molecule has 2 N–H and O–H groups in total. The Morgan fingerprint density at radius 3 is 3.17 bits per heavy atom. The molecule has 6 nitrogen and oxygen atoms in total. The molecule has 0 spiro atoms. The Kier molecular flexibility index (Phi) is 5.40. The SMILES string of the molecule is CN1CCOC(CN/C=C(\C=N)c2cnc3ccc(Cl)nc3c2)C1. The number of hydrogen-bond donors (Lipinski definition) is 2. The monoisotopic (exact) mass is 345 g/mol. The minimum Gasteiger partial charge on any atom is -0.388 e. The van der Waals surface area contributed by atoms with Crippen LogP contribution < -0.4 is 5.32 Å². The fraction of sp³-hybridized carbons (Fsp3) is 0.353. The largest absolute Gasteiger partial charge is 0.388 e. The maximum absolute atomic E-state index is 7.66. The van der Waals surface area contributed by atoms with Crippen LogP contribution in [0.4, 0.5) is 0 Å². The minimum atomic E-state index is 0.155. The van der Waals surface area contributed by atoms with Crippen LogP contribution in [0, 0.1) is 5.41 Å². The standard InChI is InChI=1S/C17H20ClN5O/c1-23-4-5-24-14(11-23)10-20-8-13(7-19)12-6-16-15(21-9-12)2-3-17(18)22-16/h2-3,6-9,14,19-20H,4-5,10-11H2,1H3/b13-8+,19-7?. The van der Waals surface area contributed by atoms with Crippen molar-refractivity contribution in [3.8, 4) is 0 Å². The fourth-order valence-corrected chi connectivity index (χ4v) is 2.79. The summed E-state index contributed by atoms with van der Waals surface area (Å²) in [5.41, 5.74) is 3.04. The van der Waals surface area contributed by atoms with Crippen LogP contribution in [0.1, 0.15) is 5.56 Å². The van der Waals surface area contributed by atoms with E-state index in [1.807, 2.05) is 18.3 Å². The van der Waals surface area contributed by atoms with Gasteiger partial charge in [0.15, 0.2) is 0 Å². The van der Waals surface area contributed by atoms with Gasteiger partial charge in [0.2, 0.25) is 0 Å². The van der Waals surface area contributed by atoms with Gasteiger partial charge in [-0.1, -0.05) is 11.6 Å². The molecular weight excluding hydrogens is 326 g/mol. The Balaban J connectivity index is 1.71. The van der Waals surface area contributed by atoms with Crippen LogP contribution in [0.5, 0.6) is 0 Å². The Morgan fingerprint density at radius 1 is 1.50 bits per heavy atom. The summed E-state index contributed by atoms with van der Waals surface area (Å²) in [5.74, 6) is 0. The molecule has 1 unspecified atom stereocenters. The van der Waals surface area contributed by atoms with E-state index in [9.17, 15) is 0 Å².